The summed E-state index contributed by atoms with van der Waals surface area (Å²) in [5.74, 6) is -1.22. The summed E-state index contributed by atoms with van der Waals surface area (Å²) in [6, 6.07) is 1.46. The molecule has 20 heavy (non-hydrogen) atoms. The third-order valence-corrected chi connectivity index (χ3v) is 3.34. The number of rotatable bonds is 4. The van der Waals surface area contributed by atoms with E-state index in [0.29, 0.717) is 18.4 Å². The lowest BCUT2D eigenvalue weighted by molar-refractivity contribution is 0.0235. The Morgan fingerprint density at radius 1 is 1.50 bits per heavy atom. The molecule has 2 rings (SSSR count). The summed E-state index contributed by atoms with van der Waals surface area (Å²) in [7, 11) is 1.31. The van der Waals surface area contributed by atoms with Gasteiger partial charge in [0.1, 0.15) is 11.7 Å². The molecule has 1 aromatic carbocycles. The summed E-state index contributed by atoms with van der Waals surface area (Å²) in [6.07, 6.45) is 5.72. The molecule has 0 saturated carbocycles. The third-order valence-electron chi connectivity index (χ3n) is 3.34. The number of benzene rings is 1. The number of esters is 1. The highest BCUT2D eigenvalue weighted by molar-refractivity contribution is 5.96. The fraction of sp³-hybridized carbons (Fsp3) is 0.400. The minimum Gasteiger partial charge on any atom is -0.504 e. The van der Waals surface area contributed by atoms with E-state index in [2.05, 4.69) is 0 Å². The number of carbonyl (C=O) groups is 1. The molecule has 0 saturated heterocycles. The van der Waals surface area contributed by atoms with Crippen LogP contribution >= 0.6 is 0 Å². The Balaban J connectivity index is 2.29. The zero-order chi connectivity index (χ0) is 14.7. The van der Waals surface area contributed by atoms with Gasteiger partial charge in [-0.3, -0.25) is 0 Å². The summed E-state index contributed by atoms with van der Waals surface area (Å²) in [4.78, 5) is 12.0. The van der Waals surface area contributed by atoms with Crippen LogP contribution in [0.5, 0.6) is 17.2 Å². The number of aromatic hydroxyl groups is 2. The molecule has 2 N–H and O–H groups in total. The Morgan fingerprint density at radius 2 is 2.25 bits per heavy atom. The molecule has 1 aromatic rings. The van der Waals surface area contributed by atoms with E-state index in [1.165, 1.54) is 13.2 Å². The van der Waals surface area contributed by atoms with Gasteiger partial charge in [0.05, 0.1) is 7.11 Å². The molecule has 0 radical (unpaired) electrons. The van der Waals surface area contributed by atoms with E-state index in [-0.39, 0.29) is 28.9 Å². The second-order valence-electron chi connectivity index (χ2n) is 4.69. The number of hydrogen-bond donors (Lipinski definition) is 2. The smallest absolute Gasteiger partial charge is 0.342 e. The molecule has 0 aliphatic carbocycles. The molecule has 1 aliphatic heterocycles. The molecule has 1 atom stereocenters. The molecule has 5 nitrogen and oxygen atoms in total. The Kier molecular flexibility index (Phi) is 4.17. The SMILES string of the molecule is C/C=C/CC[C@H]1Cc2cc(O)c(OC)c(O)c2C(=O)O1. The predicted octanol–water partition coefficient (Wildman–Crippen LogP) is 2.54. The zero-order valence-electron chi connectivity index (χ0n) is 11.5. The van der Waals surface area contributed by atoms with Crippen molar-refractivity contribution in [3.8, 4) is 17.2 Å². The van der Waals surface area contributed by atoms with Crippen molar-refractivity contribution >= 4 is 5.97 Å². The first-order valence-corrected chi connectivity index (χ1v) is 6.52. The second-order valence-corrected chi connectivity index (χ2v) is 4.69. The van der Waals surface area contributed by atoms with Gasteiger partial charge in [0, 0.05) is 6.42 Å². The van der Waals surface area contributed by atoms with E-state index in [1.54, 1.807) is 0 Å². The van der Waals surface area contributed by atoms with Crippen molar-refractivity contribution in [3.63, 3.8) is 0 Å². The van der Waals surface area contributed by atoms with E-state index in [1.807, 2.05) is 19.1 Å². The summed E-state index contributed by atoms with van der Waals surface area (Å²) in [5, 5.41) is 19.8. The van der Waals surface area contributed by atoms with Crippen molar-refractivity contribution in [1.29, 1.82) is 0 Å². The first-order valence-electron chi connectivity index (χ1n) is 6.52. The number of phenols is 2. The van der Waals surface area contributed by atoms with Crippen molar-refractivity contribution in [2.75, 3.05) is 7.11 Å². The quantitative estimate of drug-likeness (QED) is 0.654. The van der Waals surface area contributed by atoms with E-state index in [4.69, 9.17) is 9.47 Å². The Morgan fingerprint density at radius 3 is 2.90 bits per heavy atom. The van der Waals surface area contributed by atoms with E-state index in [9.17, 15) is 15.0 Å². The van der Waals surface area contributed by atoms with Crippen molar-refractivity contribution in [3.05, 3.63) is 29.3 Å². The lowest BCUT2D eigenvalue weighted by atomic mass is 9.94. The standard InChI is InChI=1S/C15H18O5/c1-3-4-5-6-10-7-9-8-11(16)14(19-2)13(17)12(9)15(18)20-10/h3-4,8,10,16-17H,5-7H2,1-2H3/b4-3+/t10-/m0/s1. The summed E-state index contributed by atoms with van der Waals surface area (Å²) >= 11 is 0. The highest BCUT2D eigenvalue weighted by Crippen LogP contribution is 2.43. The lowest BCUT2D eigenvalue weighted by Gasteiger charge is -2.25. The van der Waals surface area contributed by atoms with E-state index in [0.717, 1.165) is 6.42 Å². The molecule has 1 heterocycles. The monoisotopic (exact) mass is 278 g/mol. The number of methoxy groups -OCH3 is 1. The van der Waals surface area contributed by atoms with Crippen LogP contribution < -0.4 is 4.74 Å². The maximum Gasteiger partial charge on any atom is 0.342 e. The van der Waals surface area contributed by atoms with Gasteiger partial charge in [-0.25, -0.2) is 4.79 Å². The third kappa shape index (κ3) is 2.57. The summed E-state index contributed by atoms with van der Waals surface area (Å²) in [5.41, 5.74) is 0.671. The summed E-state index contributed by atoms with van der Waals surface area (Å²) < 4.78 is 10.2. The van der Waals surface area contributed by atoms with Gasteiger partial charge in [-0.05, 0) is 31.4 Å². The molecular weight excluding hydrogens is 260 g/mol. The van der Waals surface area contributed by atoms with Crippen molar-refractivity contribution in [2.24, 2.45) is 0 Å². The highest BCUT2D eigenvalue weighted by atomic mass is 16.5. The number of cyclic esters (lactones) is 1. The number of carbonyl (C=O) groups excluding carboxylic acids is 1. The molecule has 0 amide bonds. The minimum absolute atomic E-state index is 0.0851. The first kappa shape index (κ1) is 14.2. The number of fused-ring (bicyclic) bond motifs is 1. The van der Waals surface area contributed by atoms with Gasteiger partial charge >= 0.3 is 5.97 Å². The highest BCUT2D eigenvalue weighted by Gasteiger charge is 2.31. The first-order chi connectivity index (χ1) is 9.58. The number of ether oxygens (including phenoxy) is 2. The van der Waals surface area contributed by atoms with Crippen LogP contribution in [0.4, 0.5) is 0 Å². The molecule has 0 unspecified atom stereocenters. The lowest BCUT2D eigenvalue weighted by Crippen LogP contribution is -2.27. The molecule has 0 spiro atoms. The zero-order valence-corrected chi connectivity index (χ0v) is 11.5. The Labute approximate surface area is 117 Å². The van der Waals surface area contributed by atoms with Gasteiger partial charge in [0.15, 0.2) is 11.5 Å². The molecule has 0 aromatic heterocycles. The molecule has 0 bridgehead atoms. The molecular formula is C15H18O5. The van der Waals surface area contributed by atoms with Gasteiger partial charge in [-0.15, -0.1) is 0 Å². The van der Waals surface area contributed by atoms with Gasteiger partial charge in [-0.1, -0.05) is 12.2 Å². The summed E-state index contributed by atoms with van der Waals surface area (Å²) in [6.45, 7) is 1.94. The normalized spacial score (nSPS) is 17.9. The molecule has 5 heteroatoms. The molecule has 108 valence electrons. The van der Waals surface area contributed by atoms with E-state index >= 15 is 0 Å². The number of allylic oxidation sites excluding steroid dienone is 2. The van der Waals surface area contributed by atoms with Crippen molar-refractivity contribution < 1.29 is 24.5 Å². The van der Waals surface area contributed by atoms with Crippen LogP contribution in [0.15, 0.2) is 18.2 Å². The Bertz CT molecular complexity index is 548. The average molecular weight is 278 g/mol. The van der Waals surface area contributed by atoms with Crippen LogP contribution in [0.2, 0.25) is 0 Å². The largest absolute Gasteiger partial charge is 0.504 e. The van der Waals surface area contributed by atoms with Crippen LogP contribution in [0.25, 0.3) is 0 Å². The maximum absolute atomic E-state index is 12.0. The Hall–Kier alpha value is -2.17. The van der Waals surface area contributed by atoms with Crippen LogP contribution in [0.3, 0.4) is 0 Å². The average Bonchev–Trinajstić information content (AvgIpc) is 2.38. The van der Waals surface area contributed by atoms with Gasteiger partial charge in [0.25, 0.3) is 0 Å². The number of phenolic OH excluding ortho intramolecular Hbond substituents is 2. The van der Waals surface area contributed by atoms with Gasteiger partial charge in [-0.2, -0.15) is 0 Å². The van der Waals surface area contributed by atoms with Crippen molar-refractivity contribution in [2.45, 2.75) is 32.3 Å². The fourth-order valence-electron chi connectivity index (χ4n) is 2.39. The van der Waals surface area contributed by atoms with Gasteiger partial charge in [0.2, 0.25) is 5.75 Å². The topological polar surface area (TPSA) is 76.0 Å². The molecule has 0 fully saturated rings. The maximum atomic E-state index is 12.0. The van der Waals surface area contributed by atoms with Crippen LogP contribution in [-0.2, 0) is 11.2 Å². The fourth-order valence-corrected chi connectivity index (χ4v) is 2.39. The molecule has 1 aliphatic rings. The van der Waals surface area contributed by atoms with E-state index < -0.39 is 5.97 Å². The second kappa shape index (κ2) is 5.86. The van der Waals surface area contributed by atoms with Crippen LogP contribution in [0, 0.1) is 0 Å². The van der Waals surface area contributed by atoms with Crippen LogP contribution in [0.1, 0.15) is 35.7 Å². The van der Waals surface area contributed by atoms with Crippen molar-refractivity contribution in [1.82, 2.24) is 0 Å². The number of hydrogen-bond acceptors (Lipinski definition) is 5. The minimum atomic E-state index is -0.576. The predicted molar refractivity (Wildman–Crippen MR) is 73.3 cm³/mol. The van der Waals surface area contributed by atoms with Crippen LogP contribution in [-0.4, -0.2) is 29.4 Å². The van der Waals surface area contributed by atoms with Gasteiger partial charge < -0.3 is 19.7 Å².